The van der Waals surface area contributed by atoms with Gasteiger partial charge in [0, 0.05) is 13.3 Å². The van der Waals surface area contributed by atoms with Gasteiger partial charge in [-0.05, 0) is 44.5 Å². The van der Waals surface area contributed by atoms with Gasteiger partial charge in [-0.1, -0.05) is 11.6 Å². The lowest BCUT2D eigenvalue weighted by Crippen LogP contribution is -2.47. The number of aryl methyl sites for hydroxylation is 1. The van der Waals surface area contributed by atoms with Gasteiger partial charge in [-0.25, -0.2) is 4.98 Å². The molecule has 1 aliphatic heterocycles. The Morgan fingerprint density at radius 3 is 2.85 bits per heavy atom. The lowest BCUT2D eigenvalue weighted by Gasteiger charge is -2.35. The number of amides is 1. The summed E-state index contributed by atoms with van der Waals surface area (Å²) in [6.45, 7) is 3.94. The van der Waals surface area contributed by atoms with Crippen LogP contribution in [0.5, 0.6) is 0 Å². The predicted octanol–water partition coefficient (Wildman–Crippen LogP) is 2.00. The van der Waals surface area contributed by atoms with Crippen molar-refractivity contribution in [1.29, 1.82) is 0 Å². The van der Waals surface area contributed by atoms with Gasteiger partial charge in [-0.2, -0.15) is 0 Å². The fourth-order valence-electron chi connectivity index (χ4n) is 2.54. The van der Waals surface area contributed by atoms with Gasteiger partial charge in [0.1, 0.15) is 0 Å². The van der Waals surface area contributed by atoms with Gasteiger partial charge < -0.3 is 15.4 Å². The number of ether oxygens (including phenoxy) is 1. The molecule has 1 fully saturated rings. The zero-order valence-corrected chi connectivity index (χ0v) is 12.6. The van der Waals surface area contributed by atoms with Gasteiger partial charge in [0.05, 0.1) is 17.7 Å². The molecular weight excluding hydrogens is 278 g/mol. The topological polar surface area (TPSA) is 63.2 Å². The highest BCUT2D eigenvalue weighted by Crippen LogP contribution is 2.32. The monoisotopic (exact) mass is 297 g/mol. The molecule has 0 atom stereocenters. The highest BCUT2D eigenvalue weighted by molar-refractivity contribution is 6.32. The van der Waals surface area contributed by atoms with Crippen molar-refractivity contribution in [2.45, 2.75) is 19.8 Å². The van der Waals surface area contributed by atoms with Crippen molar-refractivity contribution in [3.05, 3.63) is 23.0 Å². The highest BCUT2D eigenvalue weighted by Gasteiger charge is 2.40. The van der Waals surface area contributed by atoms with Gasteiger partial charge in [-0.3, -0.25) is 4.79 Å². The summed E-state index contributed by atoms with van der Waals surface area (Å²) in [6, 6.07) is 1.83. The van der Waals surface area contributed by atoms with Crippen LogP contribution in [0.4, 0.5) is 5.69 Å². The van der Waals surface area contributed by atoms with Crippen LogP contribution in [-0.2, 0) is 9.53 Å². The number of aromatic nitrogens is 1. The molecule has 20 heavy (non-hydrogen) atoms. The number of hydrogen-bond acceptors (Lipinski definition) is 4. The minimum absolute atomic E-state index is 0.0427. The fourth-order valence-corrected chi connectivity index (χ4v) is 2.79. The number of carbonyl (C=O) groups excluding carboxylic acids is 1. The van der Waals surface area contributed by atoms with E-state index in [9.17, 15) is 4.79 Å². The van der Waals surface area contributed by atoms with Crippen molar-refractivity contribution in [2.24, 2.45) is 5.41 Å². The average Bonchev–Trinajstić information content (AvgIpc) is 2.44. The second kappa shape index (κ2) is 6.52. The van der Waals surface area contributed by atoms with Crippen molar-refractivity contribution >= 4 is 23.2 Å². The molecule has 2 heterocycles. The molecule has 0 aromatic carbocycles. The molecule has 0 unspecified atom stereocenters. The van der Waals surface area contributed by atoms with Gasteiger partial charge in [0.25, 0.3) is 0 Å². The molecule has 1 aliphatic rings. The van der Waals surface area contributed by atoms with E-state index in [2.05, 4.69) is 15.6 Å². The first-order valence-corrected chi connectivity index (χ1v) is 7.09. The van der Waals surface area contributed by atoms with E-state index in [0.717, 1.165) is 31.5 Å². The summed E-state index contributed by atoms with van der Waals surface area (Å²) in [5.74, 6) is -0.0427. The van der Waals surface area contributed by atoms with E-state index in [4.69, 9.17) is 16.3 Å². The molecule has 6 heteroatoms. The number of methoxy groups -OCH3 is 1. The quantitative estimate of drug-likeness (QED) is 0.835. The van der Waals surface area contributed by atoms with Gasteiger partial charge in [0.2, 0.25) is 5.91 Å². The summed E-state index contributed by atoms with van der Waals surface area (Å²) in [4.78, 5) is 16.7. The first-order chi connectivity index (χ1) is 9.59. The SMILES string of the molecule is COCC1(C(=O)Nc2c(C)ccnc2Cl)CCNCC1. The maximum absolute atomic E-state index is 12.7. The van der Waals surface area contributed by atoms with Crippen LogP contribution in [0.15, 0.2) is 12.3 Å². The summed E-state index contributed by atoms with van der Waals surface area (Å²) < 4.78 is 5.27. The number of rotatable bonds is 4. The number of carbonyl (C=O) groups is 1. The summed E-state index contributed by atoms with van der Waals surface area (Å²) in [5.41, 5.74) is 0.999. The Labute approximate surface area is 124 Å². The molecule has 0 spiro atoms. The third kappa shape index (κ3) is 3.11. The number of halogens is 1. The van der Waals surface area contributed by atoms with Crippen molar-refractivity contribution in [3.8, 4) is 0 Å². The smallest absolute Gasteiger partial charge is 0.233 e. The lowest BCUT2D eigenvalue weighted by molar-refractivity contribution is -0.130. The van der Waals surface area contributed by atoms with Crippen molar-refractivity contribution < 1.29 is 9.53 Å². The number of piperidine rings is 1. The van der Waals surface area contributed by atoms with Crippen LogP contribution in [0.1, 0.15) is 18.4 Å². The van der Waals surface area contributed by atoms with Crippen LogP contribution in [0, 0.1) is 12.3 Å². The maximum Gasteiger partial charge on any atom is 0.233 e. The van der Waals surface area contributed by atoms with Gasteiger partial charge in [-0.15, -0.1) is 0 Å². The number of hydrogen-bond donors (Lipinski definition) is 2. The zero-order chi connectivity index (χ0) is 14.6. The third-order valence-electron chi connectivity index (χ3n) is 3.81. The van der Waals surface area contributed by atoms with Crippen LogP contribution in [0.2, 0.25) is 5.15 Å². The van der Waals surface area contributed by atoms with Crippen LogP contribution in [-0.4, -0.2) is 37.7 Å². The molecule has 2 N–H and O–H groups in total. The standard InChI is InChI=1S/C14H20ClN3O2/c1-10-3-6-17-12(15)11(10)18-13(19)14(9-20-2)4-7-16-8-5-14/h3,6,16H,4-5,7-9H2,1-2H3,(H,18,19). The molecule has 5 nitrogen and oxygen atoms in total. The minimum Gasteiger partial charge on any atom is -0.384 e. The molecule has 0 saturated carbocycles. The Morgan fingerprint density at radius 2 is 2.25 bits per heavy atom. The largest absolute Gasteiger partial charge is 0.384 e. The summed E-state index contributed by atoms with van der Waals surface area (Å²) in [5, 5.41) is 6.52. The molecule has 2 rings (SSSR count). The molecule has 1 aromatic rings. The van der Waals surface area contributed by atoms with Crippen molar-refractivity contribution in [3.63, 3.8) is 0 Å². The first kappa shape index (κ1) is 15.2. The van der Waals surface area contributed by atoms with Gasteiger partial charge >= 0.3 is 0 Å². The molecule has 110 valence electrons. The number of anilines is 1. The van der Waals surface area contributed by atoms with Crippen LogP contribution >= 0.6 is 11.6 Å². The summed E-state index contributed by atoms with van der Waals surface area (Å²) >= 11 is 6.07. The Bertz CT molecular complexity index is 462. The van der Waals surface area contributed by atoms with E-state index >= 15 is 0 Å². The zero-order valence-electron chi connectivity index (χ0n) is 11.8. The predicted molar refractivity (Wildman–Crippen MR) is 79.0 cm³/mol. The van der Waals surface area contributed by atoms with E-state index < -0.39 is 5.41 Å². The molecule has 0 aliphatic carbocycles. The molecular formula is C14H20ClN3O2. The van der Waals surface area contributed by atoms with Gasteiger partial charge in [0.15, 0.2) is 5.15 Å². The van der Waals surface area contributed by atoms with E-state index in [-0.39, 0.29) is 5.91 Å². The number of nitrogens with zero attached hydrogens (tertiary/aromatic N) is 1. The Morgan fingerprint density at radius 1 is 1.55 bits per heavy atom. The second-order valence-electron chi connectivity index (χ2n) is 5.21. The molecule has 1 aromatic heterocycles. The van der Waals surface area contributed by atoms with Crippen LogP contribution < -0.4 is 10.6 Å². The molecule has 1 amide bonds. The summed E-state index contributed by atoms with van der Waals surface area (Å²) in [6.07, 6.45) is 3.13. The van der Waals surface area contributed by atoms with E-state index in [0.29, 0.717) is 17.4 Å². The Hall–Kier alpha value is -1.17. The van der Waals surface area contributed by atoms with E-state index in [1.807, 2.05) is 13.0 Å². The lowest BCUT2D eigenvalue weighted by atomic mass is 9.78. The minimum atomic E-state index is -0.494. The average molecular weight is 298 g/mol. The molecule has 0 bridgehead atoms. The van der Waals surface area contributed by atoms with Crippen LogP contribution in [0.25, 0.3) is 0 Å². The summed E-state index contributed by atoms with van der Waals surface area (Å²) in [7, 11) is 1.62. The second-order valence-corrected chi connectivity index (χ2v) is 5.57. The Kier molecular flexibility index (Phi) is 4.96. The maximum atomic E-state index is 12.7. The normalized spacial score (nSPS) is 17.8. The van der Waals surface area contributed by atoms with Crippen molar-refractivity contribution in [2.75, 3.05) is 32.1 Å². The molecule has 1 saturated heterocycles. The van der Waals surface area contributed by atoms with Crippen LogP contribution in [0.3, 0.4) is 0 Å². The molecule has 0 radical (unpaired) electrons. The number of pyridine rings is 1. The van der Waals surface area contributed by atoms with Crippen molar-refractivity contribution in [1.82, 2.24) is 10.3 Å². The number of nitrogens with one attached hydrogen (secondary N) is 2. The first-order valence-electron chi connectivity index (χ1n) is 6.71. The van der Waals surface area contributed by atoms with E-state index in [1.54, 1.807) is 13.3 Å². The fraction of sp³-hybridized carbons (Fsp3) is 0.571. The van der Waals surface area contributed by atoms with E-state index in [1.165, 1.54) is 0 Å². The highest BCUT2D eigenvalue weighted by atomic mass is 35.5. The Balaban J connectivity index is 2.20. The third-order valence-corrected chi connectivity index (χ3v) is 4.10.